The number of carboxylic acids is 1. The van der Waals surface area contributed by atoms with E-state index < -0.39 is 23.3 Å². The highest BCUT2D eigenvalue weighted by atomic mass is 32.2. The molecule has 2 aromatic heterocycles. The molecule has 0 bridgehead atoms. The summed E-state index contributed by atoms with van der Waals surface area (Å²) in [7, 11) is 1.67. The molecule has 4 rings (SSSR count). The fourth-order valence-corrected chi connectivity index (χ4v) is 6.85. The van der Waals surface area contributed by atoms with Crippen LogP contribution in [-0.2, 0) is 21.4 Å². The number of tetrazole rings is 1. The van der Waals surface area contributed by atoms with Crippen LogP contribution in [0.2, 0.25) is 0 Å². The predicted molar refractivity (Wildman–Crippen MR) is 134 cm³/mol. The number of amides is 2. The molecule has 2 saturated heterocycles. The number of β-lactam (4-membered cyclic amide) rings is 1. The van der Waals surface area contributed by atoms with Crippen molar-refractivity contribution < 1.29 is 19.5 Å². The molecule has 0 aromatic carbocycles. The van der Waals surface area contributed by atoms with E-state index in [-0.39, 0.29) is 34.9 Å². The zero-order valence-corrected chi connectivity index (χ0v) is 21.9. The van der Waals surface area contributed by atoms with Crippen LogP contribution in [0, 0.1) is 5.41 Å². The van der Waals surface area contributed by atoms with E-state index in [1.165, 1.54) is 49.9 Å². The molecule has 0 radical (unpaired) electrons. The molecule has 16 heteroatoms. The number of hydrogen-bond acceptors (Lipinski definition) is 12. The smallest absolute Gasteiger partial charge is 0.313 e. The third-order valence-electron chi connectivity index (χ3n) is 5.12. The van der Waals surface area contributed by atoms with E-state index in [0.29, 0.717) is 16.0 Å². The zero-order chi connectivity index (χ0) is 25.0. The lowest BCUT2D eigenvalue weighted by Gasteiger charge is -2.53. The van der Waals surface area contributed by atoms with Gasteiger partial charge in [-0.2, -0.15) is 12.6 Å². The van der Waals surface area contributed by atoms with Crippen LogP contribution in [0.5, 0.6) is 0 Å². The molecule has 0 aliphatic carbocycles. The van der Waals surface area contributed by atoms with Crippen LogP contribution in [0.3, 0.4) is 0 Å². The molecule has 4 heterocycles. The number of aliphatic carboxylic acids is 1. The van der Waals surface area contributed by atoms with Crippen molar-refractivity contribution in [2.24, 2.45) is 12.5 Å². The molecule has 184 valence electrons. The third-order valence-corrected chi connectivity index (χ3v) is 8.94. The largest absolute Gasteiger partial charge is 0.481 e. The molecule has 2 unspecified atom stereocenters. The maximum atomic E-state index is 12.8. The molecular formula is C18H24N8O4S4. The molecule has 2 fully saturated rings. The highest BCUT2D eigenvalue weighted by molar-refractivity contribution is 8.00. The number of rotatable bonds is 7. The summed E-state index contributed by atoms with van der Waals surface area (Å²) in [5.41, 5.74) is 5.05. The molecule has 0 saturated carbocycles. The Hall–Kier alpha value is -2.30. The lowest BCUT2D eigenvalue weighted by atomic mass is 9.89. The minimum atomic E-state index is -1.16. The summed E-state index contributed by atoms with van der Waals surface area (Å²) >= 11 is 7.82. The van der Waals surface area contributed by atoms with Crippen LogP contribution in [0.25, 0.3) is 5.57 Å². The molecule has 12 nitrogen and oxygen atoms in total. The number of aryl methyl sites for hydroxylation is 1. The number of thioether (sulfide) groups is 2. The number of carbonyl (C=O) groups is 3. The maximum absolute atomic E-state index is 12.8. The van der Waals surface area contributed by atoms with Crippen LogP contribution in [0.1, 0.15) is 19.5 Å². The van der Waals surface area contributed by atoms with Crippen LogP contribution < -0.4 is 11.1 Å². The Morgan fingerprint density at radius 1 is 1.47 bits per heavy atom. The van der Waals surface area contributed by atoms with E-state index in [1.54, 1.807) is 12.4 Å². The fraction of sp³-hybridized carbons (Fsp3) is 0.500. The Bertz CT molecular complexity index is 1110. The number of anilines is 1. The van der Waals surface area contributed by atoms with Gasteiger partial charge in [0.05, 0.1) is 11.3 Å². The van der Waals surface area contributed by atoms with Crippen molar-refractivity contribution in [3.05, 3.63) is 16.5 Å². The normalized spacial score (nSPS) is 23.9. The van der Waals surface area contributed by atoms with Gasteiger partial charge in [-0.25, -0.2) is 9.67 Å². The molecule has 4 N–H and O–H groups in total. The number of aromatic nitrogens is 5. The highest BCUT2D eigenvalue weighted by Gasteiger charge is 2.57. The van der Waals surface area contributed by atoms with Gasteiger partial charge in [0, 0.05) is 30.5 Å². The molecular weight excluding hydrogens is 521 g/mol. The van der Waals surface area contributed by atoms with Crippen molar-refractivity contribution in [3.8, 4) is 0 Å². The quantitative estimate of drug-likeness (QED) is 0.168. The lowest BCUT2D eigenvalue weighted by molar-refractivity contribution is -0.157. The van der Waals surface area contributed by atoms with Crippen LogP contribution in [0.15, 0.2) is 15.9 Å². The first kappa shape index (κ1) is 26.3. The molecule has 2 amide bonds. The molecule has 2 aliphatic heterocycles. The lowest BCUT2D eigenvalue weighted by Crippen LogP contribution is -2.74. The second kappa shape index (κ2) is 11.0. The Morgan fingerprint density at radius 2 is 2.21 bits per heavy atom. The van der Waals surface area contributed by atoms with Gasteiger partial charge in [-0.15, -0.1) is 28.2 Å². The number of nitrogen functional groups attached to an aromatic ring is 1. The summed E-state index contributed by atoms with van der Waals surface area (Å²) in [5.74, 6) is -1.34. The SMILES string of the molecule is CC.Cn1nnnc1SCC1(C(=O)O)CS[C@@H]2C(NC(=O)C(=CS)c3csc(N)n3)C(=O)N2C1. The van der Waals surface area contributed by atoms with Crippen LogP contribution >= 0.6 is 47.5 Å². The van der Waals surface area contributed by atoms with Gasteiger partial charge in [0.15, 0.2) is 5.13 Å². The van der Waals surface area contributed by atoms with E-state index >= 15 is 0 Å². The first-order valence-electron chi connectivity index (χ1n) is 10.1. The Morgan fingerprint density at radius 3 is 2.76 bits per heavy atom. The summed E-state index contributed by atoms with van der Waals surface area (Å²) < 4.78 is 1.46. The Labute approximate surface area is 213 Å². The van der Waals surface area contributed by atoms with Crippen molar-refractivity contribution >= 4 is 76.0 Å². The number of nitrogens with one attached hydrogen (secondary N) is 1. The predicted octanol–water partition coefficient (Wildman–Crippen LogP) is 0.809. The van der Waals surface area contributed by atoms with Crippen molar-refractivity contribution in [1.29, 1.82) is 0 Å². The number of thiazole rings is 1. The van der Waals surface area contributed by atoms with Gasteiger partial charge in [0.25, 0.3) is 5.91 Å². The summed E-state index contributed by atoms with van der Waals surface area (Å²) in [6.45, 7) is 4.04. The average molecular weight is 545 g/mol. The number of nitrogens with zero attached hydrogens (tertiary/aromatic N) is 6. The fourth-order valence-electron chi connectivity index (χ4n) is 3.32. The zero-order valence-electron chi connectivity index (χ0n) is 18.5. The van der Waals surface area contributed by atoms with Crippen LogP contribution in [0.4, 0.5) is 5.13 Å². The van der Waals surface area contributed by atoms with Gasteiger partial charge >= 0.3 is 5.97 Å². The average Bonchev–Trinajstić information content (AvgIpc) is 3.45. The first-order valence-corrected chi connectivity index (χ1v) is 13.6. The van der Waals surface area contributed by atoms with Crippen molar-refractivity contribution in [2.45, 2.75) is 30.4 Å². The summed E-state index contributed by atoms with van der Waals surface area (Å²) in [6.07, 6.45) is 0. The summed E-state index contributed by atoms with van der Waals surface area (Å²) in [5, 5.41) is 27.2. The van der Waals surface area contributed by atoms with Crippen molar-refractivity contribution in [1.82, 2.24) is 35.4 Å². The second-order valence-corrected chi connectivity index (χ2v) is 10.4. The number of carbonyl (C=O) groups excluding carboxylic acids is 2. The van der Waals surface area contributed by atoms with E-state index in [0.717, 1.165) is 0 Å². The number of thiol groups is 1. The third kappa shape index (κ3) is 5.04. The standard InChI is InChI=1S/C16H18N8O4S4.C2H6/c1-23-15(20-21-22-23)32-6-16(13(27)28)4-24-11(26)9(12(24)31-5-16)19-10(25)7(2-29)8-3-30-14(17)18-8;1-2/h2-3,9,12,29H,4-6H2,1H3,(H2,17,18)(H,19,25)(H,27,28);1-2H3/t9?,12-,16?;/m1./s1. The van der Waals surface area contributed by atoms with Gasteiger partial charge in [0.2, 0.25) is 11.1 Å². The second-order valence-electron chi connectivity index (χ2n) is 7.19. The monoisotopic (exact) mass is 544 g/mol. The van der Waals surface area contributed by atoms with Crippen molar-refractivity contribution in [3.63, 3.8) is 0 Å². The summed E-state index contributed by atoms with van der Waals surface area (Å²) in [6, 6.07) is -0.755. The number of hydrogen-bond donors (Lipinski definition) is 4. The molecule has 34 heavy (non-hydrogen) atoms. The van der Waals surface area contributed by atoms with E-state index in [4.69, 9.17) is 5.73 Å². The minimum Gasteiger partial charge on any atom is -0.481 e. The topological polar surface area (TPSA) is 169 Å². The molecule has 2 aliphatic rings. The Balaban J connectivity index is 0.00000158. The van der Waals surface area contributed by atoms with E-state index in [9.17, 15) is 19.5 Å². The first-order chi connectivity index (χ1) is 16.3. The Kier molecular flexibility index (Phi) is 8.48. The highest BCUT2D eigenvalue weighted by Crippen LogP contribution is 2.44. The number of fused-ring (bicyclic) bond motifs is 1. The van der Waals surface area contributed by atoms with Gasteiger partial charge in [-0.3, -0.25) is 14.4 Å². The summed E-state index contributed by atoms with van der Waals surface area (Å²) in [4.78, 5) is 43.2. The van der Waals surface area contributed by atoms with E-state index in [1.807, 2.05) is 13.8 Å². The number of nitrogens with two attached hydrogens (primary N) is 1. The van der Waals surface area contributed by atoms with Gasteiger partial charge in [0.1, 0.15) is 16.8 Å². The molecule has 3 atom stereocenters. The van der Waals surface area contributed by atoms with Crippen LogP contribution in [-0.4, -0.2) is 82.4 Å². The van der Waals surface area contributed by atoms with E-state index in [2.05, 4.69) is 38.5 Å². The van der Waals surface area contributed by atoms with Gasteiger partial charge in [-0.1, -0.05) is 25.6 Å². The van der Waals surface area contributed by atoms with Crippen molar-refractivity contribution in [2.75, 3.05) is 23.8 Å². The van der Waals surface area contributed by atoms with Gasteiger partial charge in [-0.05, 0) is 15.8 Å². The van der Waals surface area contributed by atoms with Gasteiger partial charge < -0.3 is 21.1 Å². The molecule has 2 aromatic rings. The maximum Gasteiger partial charge on any atom is 0.313 e. The number of carboxylic acid groups (broad SMARTS) is 1. The minimum absolute atomic E-state index is 0.0430. The molecule has 0 spiro atoms.